The molecular weight excluding hydrogens is 398 g/mol. The van der Waals surface area contributed by atoms with Crippen molar-refractivity contribution < 1.29 is 14.9 Å². The molecule has 0 radical (unpaired) electrons. The van der Waals surface area contributed by atoms with Crippen molar-refractivity contribution in [2.45, 2.75) is 25.7 Å². The highest BCUT2D eigenvalue weighted by Crippen LogP contribution is 2.42. The van der Waals surface area contributed by atoms with Gasteiger partial charge in [-0.05, 0) is 109 Å². The zero-order valence-electron chi connectivity index (χ0n) is 18.3. The van der Waals surface area contributed by atoms with Gasteiger partial charge in [0, 0.05) is 6.54 Å². The minimum Gasteiger partial charge on any atom is -0.508 e. The molecule has 4 nitrogen and oxygen atoms in total. The average Bonchev–Trinajstić information content (AvgIpc) is 3.33. The van der Waals surface area contributed by atoms with Gasteiger partial charge < -0.3 is 14.9 Å². The van der Waals surface area contributed by atoms with Crippen LogP contribution >= 0.6 is 0 Å². The van der Waals surface area contributed by atoms with Crippen LogP contribution in [0.2, 0.25) is 0 Å². The Kier molecular flexibility index (Phi) is 5.87. The molecular formula is C28H29NO3. The van der Waals surface area contributed by atoms with Gasteiger partial charge >= 0.3 is 0 Å². The van der Waals surface area contributed by atoms with Crippen molar-refractivity contribution in [1.82, 2.24) is 4.90 Å². The van der Waals surface area contributed by atoms with E-state index >= 15 is 0 Å². The van der Waals surface area contributed by atoms with Gasteiger partial charge in [-0.25, -0.2) is 0 Å². The van der Waals surface area contributed by atoms with E-state index in [0.29, 0.717) is 6.61 Å². The van der Waals surface area contributed by atoms with Gasteiger partial charge in [-0.1, -0.05) is 30.3 Å². The second-order valence-corrected chi connectivity index (χ2v) is 8.66. The standard InChI is InChI=1S/C28H29NO3/c30-23-9-3-20(4-10-23)26-14-8-21-5-11-24(31)19-27(21)28(26)22-6-12-25(13-7-22)32-18-17-29-15-1-2-16-29/h3-7,9-13,19,30-31H,1-2,8,14-18H2. The molecule has 0 spiro atoms. The SMILES string of the molecule is Oc1ccc(C2=C(c3ccc(OCCN4CCCC4)cc3)c3cc(O)ccc3CC2)cc1. The van der Waals surface area contributed by atoms with Gasteiger partial charge in [0.1, 0.15) is 23.9 Å². The fraction of sp³-hybridized carbons (Fsp3) is 0.286. The predicted molar refractivity (Wildman–Crippen MR) is 128 cm³/mol. The quantitative estimate of drug-likeness (QED) is 0.547. The van der Waals surface area contributed by atoms with Crippen molar-refractivity contribution in [2.75, 3.05) is 26.2 Å². The zero-order chi connectivity index (χ0) is 21.9. The first-order valence-electron chi connectivity index (χ1n) is 11.5. The smallest absolute Gasteiger partial charge is 0.119 e. The number of nitrogens with zero attached hydrogens (tertiary/aromatic N) is 1. The van der Waals surface area contributed by atoms with E-state index in [1.54, 1.807) is 18.2 Å². The number of aromatic hydroxyl groups is 2. The van der Waals surface area contributed by atoms with Crippen LogP contribution in [0.3, 0.4) is 0 Å². The molecule has 3 aromatic carbocycles. The Morgan fingerprint density at radius 2 is 1.44 bits per heavy atom. The Hall–Kier alpha value is -3.24. The number of hydrogen-bond acceptors (Lipinski definition) is 4. The summed E-state index contributed by atoms with van der Waals surface area (Å²) in [7, 11) is 0. The van der Waals surface area contributed by atoms with Crippen LogP contribution in [-0.4, -0.2) is 41.4 Å². The number of aryl methyl sites for hydroxylation is 1. The maximum absolute atomic E-state index is 10.2. The van der Waals surface area contributed by atoms with E-state index < -0.39 is 0 Å². The van der Waals surface area contributed by atoms with E-state index in [1.807, 2.05) is 36.4 Å². The normalized spacial score (nSPS) is 16.2. The fourth-order valence-corrected chi connectivity index (χ4v) is 4.86. The molecule has 2 aliphatic rings. The molecule has 2 N–H and O–H groups in total. The second kappa shape index (κ2) is 9.09. The van der Waals surface area contributed by atoms with Crippen molar-refractivity contribution in [3.63, 3.8) is 0 Å². The molecule has 0 amide bonds. The second-order valence-electron chi connectivity index (χ2n) is 8.66. The highest BCUT2D eigenvalue weighted by atomic mass is 16.5. The van der Waals surface area contributed by atoms with Crippen LogP contribution in [0.25, 0.3) is 11.1 Å². The Bertz CT molecular complexity index is 1110. The summed E-state index contributed by atoms with van der Waals surface area (Å²) in [5, 5.41) is 19.9. The summed E-state index contributed by atoms with van der Waals surface area (Å²) in [5.41, 5.74) is 6.87. The van der Waals surface area contributed by atoms with Gasteiger partial charge in [0.05, 0.1) is 0 Å². The third-order valence-corrected chi connectivity index (χ3v) is 6.54. The maximum atomic E-state index is 10.2. The molecule has 1 heterocycles. The topological polar surface area (TPSA) is 52.9 Å². The summed E-state index contributed by atoms with van der Waals surface area (Å²) in [6.45, 7) is 4.05. The maximum Gasteiger partial charge on any atom is 0.119 e. The number of fused-ring (bicyclic) bond motifs is 1. The van der Waals surface area contributed by atoms with Crippen molar-refractivity contribution in [1.29, 1.82) is 0 Å². The molecule has 0 aromatic heterocycles. The highest BCUT2D eigenvalue weighted by molar-refractivity contribution is 6.01. The lowest BCUT2D eigenvalue weighted by molar-refractivity contribution is 0.238. The highest BCUT2D eigenvalue weighted by Gasteiger charge is 2.22. The van der Waals surface area contributed by atoms with Crippen LogP contribution < -0.4 is 4.74 Å². The lowest BCUT2D eigenvalue weighted by atomic mass is 9.79. The number of phenols is 2. The monoisotopic (exact) mass is 427 g/mol. The van der Waals surface area contributed by atoms with E-state index in [4.69, 9.17) is 4.74 Å². The first kappa shape index (κ1) is 20.7. The van der Waals surface area contributed by atoms with Gasteiger partial charge in [0.25, 0.3) is 0 Å². The van der Waals surface area contributed by atoms with Crippen LogP contribution in [0.1, 0.15) is 41.5 Å². The molecule has 0 saturated carbocycles. The number of allylic oxidation sites excluding steroid dienone is 1. The van der Waals surface area contributed by atoms with Gasteiger partial charge in [-0.3, -0.25) is 4.90 Å². The molecule has 1 aliphatic carbocycles. The first-order chi connectivity index (χ1) is 15.7. The van der Waals surface area contributed by atoms with Gasteiger partial charge in [0.2, 0.25) is 0 Å². The zero-order valence-corrected chi connectivity index (χ0v) is 18.3. The molecule has 0 bridgehead atoms. The Balaban J connectivity index is 1.46. The van der Waals surface area contributed by atoms with Crippen LogP contribution in [0.15, 0.2) is 66.7 Å². The molecule has 4 heteroatoms. The summed E-state index contributed by atoms with van der Waals surface area (Å²) < 4.78 is 6.00. The summed E-state index contributed by atoms with van der Waals surface area (Å²) in [4.78, 5) is 2.45. The Morgan fingerprint density at radius 3 is 2.19 bits per heavy atom. The molecule has 1 aliphatic heterocycles. The molecule has 0 unspecified atom stereocenters. The molecule has 1 saturated heterocycles. The van der Waals surface area contributed by atoms with Crippen LogP contribution in [-0.2, 0) is 6.42 Å². The number of benzene rings is 3. The number of rotatable bonds is 6. The van der Waals surface area contributed by atoms with Gasteiger partial charge in [0.15, 0.2) is 0 Å². The first-order valence-corrected chi connectivity index (χ1v) is 11.5. The summed E-state index contributed by atoms with van der Waals surface area (Å²) in [6.07, 6.45) is 4.42. The van der Waals surface area contributed by atoms with Crippen LogP contribution in [0.4, 0.5) is 0 Å². The van der Waals surface area contributed by atoms with Crippen molar-refractivity contribution >= 4 is 11.1 Å². The van der Waals surface area contributed by atoms with Crippen LogP contribution in [0.5, 0.6) is 17.2 Å². The van der Waals surface area contributed by atoms with Crippen LogP contribution in [0, 0.1) is 0 Å². The molecule has 32 heavy (non-hydrogen) atoms. The minimum absolute atomic E-state index is 0.264. The number of hydrogen-bond donors (Lipinski definition) is 2. The molecule has 3 aromatic rings. The summed E-state index contributed by atoms with van der Waals surface area (Å²) in [6, 6.07) is 21.3. The predicted octanol–water partition coefficient (Wildman–Crippen LogP) is 5.48. The van der Waals surface area contributed by atoms with E-state index in [9.17, 15) is 10.2 Å². The van der Waals surface area contributed by atoms with E-state index in [0.717, 1.165) is 47.4 Å². The summed E-state index contributed by atoms with van der Waals surface area (Å²) in [5.74, 6) is 1.42. The summed E-state index contributed by atoms with van der Waals surface area (Å²) >= 11 is 0. The van der Waals surface area contributed by atoms with Crippen molar-refractivity contribution in [3.05, 3.63) is 89.0 Å². The lowest BCUT2D eigenvalue weighted by Gasteiger charge is -2.25. The molecule has 5 rings (SSSR count). The van der Waals surface area contributed by atoms with E-state index in [-0.39, 0.29) is 11.5 Å². The van der Waals surface area contributed by atoms with E-state index in [2.05, 4.69) is 17.0 Å². The van der Waals surface area contributed by atoms with Gasteiger partial charge in [-0.15, -0.1) is 0 Å². The minimum atomic E-state index is 0.264. The van der Waals surface area contributed by atoms with Gasteiger partial charge in [-0.2, -0.15) is 0 Å². The third kappa shape index (κ3) is 4.37. The number of likely N-dealkylation sites (tertiary alicyclic amines) is 1. The fourth-order valence-electron chi connectivity index (χ4n) is 4.86. The molecule has 164 valence electrons. The average molecular weight is 428 g/mol. The Morgan fingerprint density at radius 1 is 0.750 bits per heavy atom. The van der Waals surface area contributed by atoms with Crippen molar-refractivity contribution in [3.8, 4) is 17.2 Å². The Labute approximate surface area is 189 Å². The largest absolute Gasteiger partial charge is 0.508 e. The molecule has 1 fully saturated rings. The third-order valence-electron chi connectivity index (χ3n) is 6.54. The number of phenolic OH excluding ortho intramolecular Hbond substituents is 2. The lowest BCUT2D eigenvalue weighted by Crippen LogP contribution is -2.25. The molecule has 0 atom stereocenters. The number of ether oxygens (including phenoxy) is 1. The van der Waals surface area contributed by atoms with E-state index in [1.165, 1.54) is 37.1 Å². The van der Waals surface area contributed by atoms with Crippen molar-refractivity contribution in [2.24, 2.45) is 0 Å².